The van der Waals surface area contributed by atoms with E-state index in [9.17, 15) is 9.18 Å². The maximum Gasteiger partial charge on any atom is 0.336 e. The SMILES string of the molecule is CCCCC(=O)n1nc(OCCOCC)nc1-c1ccccc1F. The van der Waals surface area contributed by atoms with E-state index in [0.717, 1.165) is 17.5 Å². The van der Waals surface area contributed by atoms with E-state index in [-0.39, 0.29) is 29.9 Å². The molecule has 1 heterocycles. The summed E-state index contributed by atoms with van der Waals surface area (Å²) in [6.07, 6.45) is 1.93. The van der Waals surface area contributed by atoms with Crippen LogP contribution in [0.5, 0.6) is 6.01 Å². The molecule has 0 saturated carbocycles. The van der Waals surface area contributed by atoms with E-state index in [1.165, 1.54) is 6.07 Å². The molecule has 0 amide bonds. The summed E-state index contributed by atoms with van der Waals surface area (Å²) in [5.74, 6) is -0.543. The number of aromatic nitrogens is 3. The lowest BCUT2D eigenvalue weighted by molar-refractivity contribution is 0.0879. The Hall–Kier alpha value is -2.28. The summed E-state index contributed by atoms with van der Waals surface area (Å²) in [4.78, 5) is 16.5. The monoisotopic (exact) mass is 335 g/mol. The fourth-order valence-corrected chi connectivity index (χ4v) is 2.12. The van der Waals surface area contributed by atoms with Crippen molar-refractivity contribution in [3.63, 3.8) is 0 Å². The molecule has 0 saturated heterocycles. The van der Waals surface area contributed by atoms with Crippen molar-refractivity contribution in [3.05, 3.63) is 30.1 Å². The van der Waals surface area contributed by atoms with Gasteiger partial charge in [-0.3, -0.25) is 4.79 Å². The van der Waals surface area contributed by atoms with Crippen LogP contribution in [0.4, 0.5) is 4.39 Å². The molecule has 0 N–H and O–H groups in total. The minimum absolute atomic E-state index is 0.0396. The van der Waals surface area contributed by atoms with Crippen molar-refractivity contribution < 1.29 is 18.7 Å². The number of hydrogen-bond acceptors (Lipinski definition) is 5. The predicted molar refractivity (Wildman–Crippen MR) is 87.6 cm³/mol. The van der Waals surface area contributed by atoms with Gasteiger partial charge in [-0.1, -0.05) is 25.5 Å². The third-order valence-corrected chi connectivity index (χ3v) is 3.35. The average molecular weight is 335 g/mol. The summed E-state index contributed by atoms with van der Waals surface area (Å²) in [7, 11) is 0. The zero-order valence-electron chi connectivity index (χ0n) is 14.0. The molecule has 0 unspecified atom stereocenters. The maximum absolute atomic E-state index is 14.1. The summed E-state index contributed by atoms with van der Waals surface area (Å²) >= 11 is 0. The molecule has 7 heteroatoms. The van der Waals surface area contributed by atoms with Crippen LogP contribution < -0.4 is 4.74 Å². The van der Waals surface area contributed by atoms with Gasteiger partial charge >= 0.3 is 6.01 Å². The summed E-state index contributed by atoms with van der Waals surface area (Å²) in [6, 6.07) is 6.19. The van der Waals surface area contributed by atoms with Gasteiger partial charge in [-0.05, 0) is 25.5 Å². The number of carbonyl (C=O) groups is 1. The van der Waals surface area contributed by atoms with Crippen LogP contribution in [0.15, 0.2) is 24.3 Å². The Bertz CT molecular complexity index is 673. The van der Waals surface area contributed by atoms with Crippen LogP contribution in [0.2, 0.25) is 0 Å². The minimum atomic E-state index is -0.463. The highest BCUT2D eigenvalue weighted by Crippen LogP contribution is 2.23. The molecule has 0 spiro atoms. The van der Waals surface area contributed by atoms with Gasteiger partial charge in [0.25, 0.3) is 0 Å². The second kappa shape index (κ2) is 9.12. The van der Waals surface area contributed by atoms with Gasteiger partial charge in [0.1, 0.15) is 12.4 Å². The molecule has 6 nitrogen and oxygen atoms in total. The molecule has 1 aromatic carbocycles. The second-order valence-corrected chi connectivity index (χ2v) is 5.15. The van der Waals surface area contributed by atoms with E-state index < -0.39 is 5.82 Å². The van der Waals surface area contributed by atoms with Crippen molar-refractivity contribution in [2.45, 2.75) is 33.1 Å². The largest absolute Gasteiger partial charge is 0.460 e. The van der Waals surface area contributed by atoms with Crippen LogP contribution in [-0.2, 0) is 4.74 Å². The lowest BCUT2D eigenvalue weighted by Crippen LogP contribution is -2.14. The number of carbonyl (C=O) groups excluding carboxylic acids is 1. The third kappa shape index (κ3) is 4.61. The molecule has 0 aliphatic rings. The van der Waals surface area contributed by atoms with Crippen LogP contribution in [0.25, 0.3) is 11.4 Å². The molecular weight excluding hydrogens is 313 g/mol. The number of hydrogen-bond donors (Lipinski definition) is 0. The fraction of sp³-hybridized carbons (Fsp3) is 0.471. The number of benzene rings is 1. The van der Waals surface area contributed by atoms with Gasteiger partial charge in [0, 0.05) is 13.0 Å². The summed E-state index contributed by atoms with van der Waals surface area (Å²) in [5.41, 5.74) is 0.217. The molecule has 0 aliphatic heterocycles. The number of unbranched alkanes of at least 4 members (excludes halogenated alkanes) is 1. The van der Waals surface area contributed by atoms with Gasteiger partial charge in [-0.25, -0.2) is 4.39 Å². The van der Waals surface area contributed by atoms with Crippen molar-refractivity contribution >= 4 is 5.91 Å². The van der Waals surface area contributed by atoms with Gasteiger partial charge in [-0.2, -0.15) is 9.67 Å². The average Bonchev–Trinajstić information content (AvgIpc) is 3.01. The van der Waals surface area contributed by atoms with Crippen LogP contribution in [-0.4, -0.2) is 40.5 Å². The lowest BCUT2D eigenvalue weighted by Gasteiger charge is -2.04. The molecule has 0 bridgehead atoms. The van der Waals surface area contributed by atoms with Crippen molar-refractivity contribution in [3.8, 4) is 17.4 Å². The van der Waals surface area contributed by atoms with E-state index in [1.807, 2.05) is 13.8 Å². The number of nitrogens with zero attached hydrogens (tertiary/aromatic N) is 3. The molecule has 24 heavy (non-hydrogen) atoms. The van der Waals surface area contributed by atoms with Gasteiger partial charge in [0.05, 0.1) is 12.2 Å². The molecular formula is C17H22FN3O3. The third-order valence-electron chi connectivity index (χ3n) is 3.35. The Morgan fingerprint density at radius 1 is 1.25 bits per heavy atom. The molecule has 0 atom stereocenters. The van der Waals surface area contributed by atoms with Crippen molar-refractivity contribution in [1.29, 1.82) is 0 Å². The Morgan fingerprint density at radius 2 is 2.04 bits per heavy atom. The Balaban J connectivity index is 2.27. The van der Waals surface area contributed by atoms with E-state index in [0.29, 0.717) is 19.6 Å². The Labute approximate surface area is 140 Å². The Kier molecular flexibility index (Phi) is 6.87. The fourth-order valence-electron chi connectivity index (χ4n) is 2.12. The zero-order valence-corrected chi connectivity index (χ0v) is 14.0. The molecule has 2 aromatic rings. The van der Waals surface area contributed by atoms with E-state index in [1.54, 1.807) is 18.2 Å². The molecule has 0 aliphatic carbocycles. The molecule has 2 rings (SSSR count). The quantitative estimate of drug-likeness (QED) is 0.658. The molecule has 130 valence electrons. The standard InChI is InChI=1S/C17H22FN3O3/c1-3-5-10-15(22)21-16(13-8-6-7-9-14(13)18)19-17(20-21)24-12-11-23-4-2/h6-9H,3-5,10-12H2,1-2H3. The van der Waals surface area contributed by atoms with Crippen LogP contribution in [0.3, 0.4) is 0 Å². The van der Waals surface area contributed by atoms with Crippen molar-refractivity contribution in [1.82, 2.24) is 14.8 Å². The highest BCUT2D eigenvalue weighted by molar-refractivity contribution is 5.82. The molecule has 0 fully saturated rings. The topological polar surface area (TPSA) is 66.2 Å². The van der Waals surface area contributed by atoms with Gasteiger partial charge in [0.2, 0.25) is 5.91 Å². The number of rotatable bonds is 9. The first-order valence-corrected chi connectivity index (χ1v) is 8.13. The summed E-state index contributed by atoms with van der Waals surface area (Å²) < 4.78 is 25.8. The maximum atomic E-state index is 14.1. The van der Waals surface area contributed by atoms with E-state index in [2.05, 4.69) is 10.1 Å². The van der Waals surface area contributed by atoms with Gasteiger partial charge in [0.15, 0.2) is 5.82 Å². The normalized spacial score (nSPS) is 10.8. The van der Waals surface area contributed by atoms with Gasteiger partial charge in [-0.15, -0.1) is 5.10 Å². The van der Waals surface area contributed by atoms with Crippen molar-refractivity contribution in [2.24, 2.45) is 0 Å². The lowest BCUT2D eigenvalue weighted by atomic mass is 10.2. The predicted octanol–water partition coefficient (Wildman–Crippen LogP) is 3.33. The van der Waals surface area contributed by atoms with Crippen LogP contribution in [0, 0.1) is 5.82 Å². The second-order valence-electron chi connectivity index (χ2n) is 5.15. The van der Waals surface area contributed by atoms with Crippen molar-refractivity contribution in [2.75, 3.05) is 19.8 Å². The number of ether oxygens (including phenoxy) is 2. The molecule has 1 aromatic heterocycles. The minimum Gasteiger partial charge on any atom is -0.460 e. The smallest absolute Gasteiger partial charge is 0.336 e. The van der Waals surface area contributed by atoms with Gasteiger partial charge < -0.3 is 9.47 Å². The number of halogens is 1. The van der Waals surface area contributed by atoms with E-state index in [4.69, 9.17) is 9.47 Å². The first-order chi connectivity index (χ1) is 11.7. The highest BCUT2D eigenvalue weighted by atomic mass is 19.1. The Morgan fingerprint density at radius 3 is 2.75 bits per heavy atom. The van der Waals surface area contributed by atoms with E-state index >= 15 is 0 Å². The zero-order chi connectivity index (χ0) is 17.4. The molecule has 0 radical (unpaired) electrons. The highest BCUT2D eigenvalue weighted by Gasteiger charge is 2.20. The summed E-state index contributed by atoms with van der Waals surface area (Å²) in [5, 5.41) is 4.09. The summed E-state index contributed by atoms with van der Waals surface area (Å²) in [6.45, 7) is 5.12. The van der Waals surface area contributed by atoms with Crippen LogP contribution in [0.1, 0.15) is 37.9 Å². The van der Waals surface area contributed by atoms with Crippen LogP contribution >= 0.6 is 0 Å². The first-order valence-electron chi connectivity index (χ1n) is 8.13. The first kappa shape index (κ1) is 18.1.